The van der Waals surface area contributed by atoms with Crippen LogP contribution in [0.1, 0.15) is 23.5 Å². The van der Waals surface area contributed by atoms with Crippen molar-refractivity contribution in [1.29, 1.82) is 0 Å². The van der Waals surface area contributed by atoms with Crippen LogP contribution < -0.4 is 0 Å². The number of fused-ring (bicyclic) bond motifs is 1. The summed E-state index contributed by atoms with van der Waals surface area (Å²) in [5.74, 6) is 2.02. The number of thioether (sulfide) groups is 1. The number of hydrogen-bond donors (Lipinski definition) is 0. The highest BCUT2D eigenvalue weighted by Crippen LogP contribution is 2.46. The maximum Gasteiger partial charge on any atom is 0.160 e. The molecule has 6 heteroatoms. The van der Waals surface area contributed by atoms with Gasteiger partial charge >= 0.3 is 0 Å². The van der Waals surface area contributed by atoms with E-state index in [1.807, 2.05) is 54.5 Å². The first-order valence-corrected chi connectivity index (χ1v) is 9.37. The van der Waals surface area contributed by atoms with Crippen LogP contribution in [0, 0.1) is 0 Å². The molecule has 5 rings (SSSR count). The van der Waals surface area contributed by atoms with Gasteiger partial charge in [-0.15, -0.1) is 0 Å². The van der Waals surface area contributed by atoms with Crippen LogP contribution in [0.15, 0.2) is 72.1 Å². The van der Waals surface area contributed by atoms with Gasteiger partial charge in [-0.25, -0.2) is 4.98 Å². The highest BCUT2D eigenvalue weighted by Gasteiger charge is 2.42. The van der Waals surface area contributed by atoms with Gasteiger partial charge in [0.25, 0.3) is 0 Å². The van der Waals surface area contributed by atoms with Crippen LogP contribution in [0.5, 0.6) is 0 Å². The Kier molecular flexibility index (Phi) is 3.56. The van der Waals surface area contributed by atoms with E-state index in [0.29, 0.717) is 0 Å². The van der Waals surface area contributed by atoms with Gasteiger partial charge in [-0.2, -0.15) is 0 Å². The van der Waals surface area contributed by atoms with Gasteiger partial charge in [0.15, 0.2) is 5.17 Å². The maximum absolute atomic E-state index is 5.00. The van der Waals surface area contributed by atoms with E-state index in [1.165, 1.54) is 5.69 Å². The van der Waals surface area contributed by atoms with Crippen molar-refractivity contribution < 1.29 is 0 Å². The summed E-state index contributed by atoms with van der Waals surface area (Å²) in [5, 5.41) is 1.13. The summed E-state index contributed by atoms with van der Waals surface area (Å²) >= 11 is 1.84. The number of pyridine rings is 2. The maximum atomic E-state index is 5.00. The van der Waals surface area contributed by atoms with Crippen molar-refractivity contribution in [2.45, 2.75) is 12.1 Å². The lowest BCUT2D eigenvalue weighted by molar-refractivity contribution is 0.322. The predicted octanol–water partition coefficient (Wildman–Crippen LogP) is 3.47. The third kappa shape index (κ3) is 2.44. The summed E-state index contributed by atoms with van der Waals surface area (Å²) in [6.07, 6.45) is 5.76. The molecule has 1 saturated heterocycles. The first kappa shape index (κ1) is 14.7. The van der Waals surface area contributed by atoms with Crippen LogP contribution in [-0.4, -0.2) is 36.9 Å². The summed E-state index contributed by atoms with van der Waals surface area (Å²) in [5.41, 5.74) is 2.22. The molecule has 0 radical (unpaired) electrons. The fraction of sp³-hybridized carbons (Fsp3) is 0.211. The van der Waals surface area contributed by atoms with E-state index in [9.17, 15) is 0 Å². The third-order valence-electron chi connectivity index (χ3n) is 4.66. The van der Waals surface area contributed by atoms with Crippen LogP contribution in [0.2, 0.25) is 0 Å². The molecule has 5 heterocycles. The molecule has 0 N–H and O–H groups in total. The Morgan fingerprint density at radius 2 is 1.84 bits per heavy atom. The van der Waals surface area contributed by atoms with Crippen LogP contribution in [-0.2, 0) is 0 Å². The zero-order valence-corrected chi connectivity index (χ0v) is 14.4. The summed E-state index contributed by atoms with van der Waals surface area (Å²) in [4.78, 5) is 16.5. The smallest absolute Gasteiger partial charge is 0.160 e. The van der Waals surface area contributed by atoms with Gasteiger partial charge in [0.2, 0.25) is 0 Å². The number of amidine groups is 1. The standard InChI is InChI=1S/C19H17N5S/c1-3-9-20-14(6-1)17-18(24-12-13-25-19(24)22-17)15-7-5-11-23(15)16-8-2-4-10-21-16/h1-11,17-18H,12-13H2/t17-,18-/m0/s1. The van der Waals surface area contributed by atoms with Crippen LogP contribution in [0.3, 0.4) is 0 Å². The van der Waals surface area contributed by atoms with E-state index in [2.05, 4.69) is 43.8 Å². The SMILES string of the molecule is c1ccc([C@@H]2N=C3SCCN3[C@H]2c2cccn2-c2ccccn2)nc1. The normalized spacial score (nSPS) is 22.1. The largest absolute Gasteiger partial charge is 0.339 e. The molecule has 0 aromatic carbocycles. The van der Waals surface area contributed by atoms with E-state index in [-0.39, 0.29) is 12.1 Å². The number of hydrogen-bond acceptors (Lipinski definition) is 5. The fourth-order valence-electron chi connectivity index (χ4n) is 3.58. The van der Waals surface area contributed by atoms with Crippen molar-refractivity contribution >= 4 is 16.9 Å². The Morgan fingerprint density at radius 3 is 2.64 bits per heavy atom. The zero-order valence-electron chi connectivity index (χ0n) is 13.6. The molecule has 0 unspecified atom stereocenters. The number of nitrogens with zero attached hydrogens (tertiary/aromatic N) is 5. The molecule has 2 aliphatic rings. The molecule has 124 valence electrons. The van der Waals surface area contributed by atoms with Crippen LogP contribution in [0.25, 0.3) is 5.82 Å². The van der Waals surface area contributed by atoms with E-state index < -0.39 is 0 Å². The van der Waals surface area contributed by atoms with Crippen molar-refractivity contribution in [3.8, 4) is 5.82 Å². The molecule has 0 amide bonds. The molecule has 3 aromatic heterocycles. The van der Waals surface area contributed by atoms with Gasteiger partial charge in [0.05, 0.1) is 11.7 Å². The minimum atomic E-state index is 0.0152. The Labute approximate surface area is 150 Å². The third-order valence-corrected chi connectivity index (χ3v) is 5.65. The molecule has 3 aromatic rings. The van der Waals surface area contributed by atoms with Crippen LogP contribution >= 0.6 is 11.8 Å². The van der Waals surface area contributed by atoms with E-state index in [1.54, 1.807) is 0 Å². The molecular weight excluding hydrogens is 330 g/mol. The second-order valence-electron chi connectivity index (χ2n) is 6.09. The first-order valence-electron chi connectivity index (χ1n) is 8.39. The molecule has 25 heavy (non-hydrogen) atoms. The molecule has 0 bridgehead atoms. The van der Waals surface area contributed by atoms with E-state index in [0.717, 1.165) is 29.0 Å². The lowest BCUT2D eigenvalue weighted by Crippen LogP contribution is -2.29. The molecule has 0 spiro atoms. The number of rotatable bonds is 3. The monoisotopic (exact) mass is 347 g/mol. The fourth-order valence-corrected chi connectivity index (χ4v) is 4.61. The minimum absolute atomic E-state index is 0.0152. The van der Waals surface area contributed by atoms with E-state index in [4.69, 9.17) is 4.99 Å². The quantitative estimate of drug-likeness (QED) is 0.728. The average molecular weight is 347 g/mol. The molecule has 2 atom stereocenters. The van der Waals surface area contributed by atoms with E-state index >= 15 is 0 Å². The molecule has 0 aliphatic carbocycles. The topological polar surface area (TPSA) is 46.3 Å². The Balaban J connectivity index is 1.62. The van der Waals surface area contributed by atoms with Crippen molar-refractivity contribution in [1.82, 2.24) is 19.4 Å². The molecule has 0 saturated carbocycles. The lowest BCUT2D eigenvalue weighted by atomic mass is 10.0. The molecule has 1 fully saturated rings. The van der Waals surface area contributed by atoms with Crippen molar-refractivity contribution in [3.05, 3.63) is 78.5 Å². The van der Waals surface area contributed by atoms with Gasteiger partial charge in [0, 0.05) is 36.6 Å². The highest BCUT2D eigenvalue weighted by molar-refractivity contribution is 8.14. The van der Waals surface area contributed by atoms with Gasteiger partial charge < -0.3 is 9.47 Å². The second-order valence-corrected chi connectivity index (χ2v) is 7.15. The zero-order chi connectivity index (χ0) is 16.6. The summed E-state index contributed by atoms with van der Waals surface area (Å²) in [6.45, 7) is 1.02. The Hall–Kier alpha value is -2.60. The predicted molar refractivity (Wildman–Crippen MR) is 99.9 cm³/mol. The first-order chi connectivity index (χ1) is 12.4. The van der Waals surface area contributed by atoms with Crippen molar-refractivity contribution in [2.24, 2.45) is 4.99 Å². The van der Waals surface area contributed by atoms with Crippen molar-refractivity contribution in [3.63, 3.8) is 0 Å². The summed E-state index contributed by atoms with van der Waals surface area (Å²) in [7, 11) is 0. The van der Waals surface area contributed by atoms with Gasteiger partial charge in [-0.3, -0.25) is 9.98 Å². The molecule has 5 nitrogen and oxygen atoms in total. The van der Waals surface area contributed by atoms with Gasteiger partial charge in [0.1, 0.15) is 11.9 Å². The summed E-state index contributed by atoms with van der Waals surface area (Å²) in [6, 6.07) is 16.5. The lowest BCUT2D eigenvalue weighted by Gasteiger charge is -2.27. The minimum Gasteiger partial charge on any atom is -0.339 e. The molecular formula is C19H17N5S. The number of aliphatic imine (C=N–C) groups is 1. The van der Waals surface area contributed by atoms with Gasteiger partial charge in [-0.1, -0.05) is 23.9 Å². The highest BCUT2D eigenvalue weighted by atomic mass is 32.2. The van der Waals surface area contributed by atoms with Crippen LogP contribution in [0.4, 0.5) is 0 Å². The summed E-state index contributed by atoms with van der Waals surface area (Å²) < 4.78 is 2.17. The Morgan fingerprint density at radius 1 is 0.960 bits per heavy atom. The number of aromatic nitrogens is 3. The van der Waals surface area contributed by atoms with Gasteiger partial charge in [-0.05, 0) is 36.4 Å². The molecule has 2 aliphatic heterocycles. The van der Waals surface area contributed by atoms with Crippen molar-refractivity contribution in [2.75, 3.05) is 12.3 Å². The average Bonchev–Trinajstić information content (AvgIpc) is 3.38. The Bertz CT molecular complexity index is 906. The second kappa shape index (κ2) is 6.04.